The van der Waals surface area contributed by atoms with Gasteiger partial charge in [-0.3, -0.25) is 14.6 Å². The van der Waals surface area contributed by atoms with E-state index in [0.717, 1.165) is 75.7 Å². The second kappa shape index (κ2) is 9.34. The minimum Gasteiger partial charge on any atom is -0.356 e. The van der Waals surface area contributed by atoms with E-state index in [9.17, 15) is 4.79 Å². The zero-order valence-corrected chi connectivity index (χ0v) is 16.6. The zero-order chi connectivity index (χ0) is 19.2. The summed E-state index contributed by atoms with van der Waals surface area (Å²) < 4.78 is 5.51. The summed E-state index contributed by atoms with van der Waals surface area (Å²) in [5.74, 6) is 1.12. The summed E-state index contributed by atoms with van der Waals surface area (Å²) in [6, 6.07) is 12.1. The average molecular weight is 383 g/mol. The van der Waals surface area contributed by atoms with E-state index in [4.69, 9.17) is 4.52 Å². The van der Waals surface area contributed by atoms with Gasteiger partial charge in [-0.1, -0.05) is 48.3 Å². The topological polar surface area (TPSA) is 52.8 Å². The van der Waals surface area contributed by atoms with Crippen LogP contribution in [-0.2, 0) is 11.3 Å². The Hall–Kier alpha value is -2.18. The molecule has 2 aromatic rings. The Labute approximate surface area is 167 Å². The molecule has 150 valence electrons. The molecule has 28 heavy (non-hydrogen) atoms. The summed E-state index contributed by atoms with van der Waals surface area (Å²) in [6.45, 7) is 7.02. The highest BCUT2D eigenvalue weighted by Gasteiger charge is 2.23. The summed E-state index contributed by atoms with van der Waals surface area (Å²) in [4.78, 5) is 19.3. The molecule has 2 fully saturated rings. The standard InChI is InChI=1S/C22H30N4O2/c27-22(26-10-6-1-2-7-11-26)18-25-14-12-24(13-15-25)17-20-16-21(28-23-20)19-8-4-3-5-9-19/h3-5,8-9,16H,1-2,6-7,10-15,17-18H2. The monoisotopic (exact) mass is 382 g/mol. The second-order valence-corrected chi connectivity index (χ2v) is 7.90. The first-order chi connectivity index (χ1) is 13.8. The summed E-state index contributed by atoms with van der Waals surface area (Å²) in [5.41, 5.74) is 2.02. The number of hydrogen-bond acceptors (Lipinski definition) is 5. The number of amides is 1. The molecule has 6 nitrogen and oxygen atoms in total. The third-order valence-electron chi connectivity index (χ3n) is 5.79. The van der Waals surface area contributed by atoms with Gasteiger partial charge < -0.3 is 9.42 Å². The fourth-order valence-electron chi connectivity index (χ4n) is 4.07. The second-order valence-electron chi connectivity index (χ2n) is 7.90. The third-order valence-corrected chi connectivity index (χ3v) is 5.79. The molecule has 1 aromatic carbocycles. The van der Waals surface area contributed by atoms with Crippen LogP contribution >= 0.6 is 0 Å². The number of aromatic nitrogens is 1. The molecule has 4 rings (SSSR count). The van der Waals surface area contributed by atoms with E-state index in [1.807, 2.05) is 36.4 Å². The minimum atomic E-state index is 0.305. The first kappa shape index (κ1) is 19.2. The molecule has 2 aliphatic rings. The van der Waals surface area contributed by atoms with Crippen molar-refractivity contribution in [1.82, 2.24) is 19.9 Å². The van der Waals surface area contributed by atoms with Crippen LogP contribution in [0.1, 0.15) is 31.4 Å². The SMILES string of the molecule is O=C(CN1CCN(Cc2cc(-c3ccccc3)on2)CC1)N1CCCCCC1. The molecule has 0 unspecified atom stereocenters. The number of carbonyl (C=O) groups excluding carboxylic acids is 1. The van der Waals surface area contributed by atoms with Crippen molar-refractivity contribution >= 4 is 5.91 Å². The van der Waals surface area contributed by atoms with Crippen LogP contribution in [-0.4, -0.2) is 71.6 Å². The molecular weight excluding hydrogens is 352 g/mol. The number of hydrogen-bond donors (Lipinski definition) is 0. The summed E-state index contributed by atoms with van der Waals surface area (Å²) in [5, 5.41) is 4.23. The van der Waals surface area contributed by atoms with Crippen LogP contribution < -0.4 is 0 Å². The molecule has 0 aliphatic carbocycles. The van der Waals surface area contributed by atoms with Gasteiger partial charge in [-0.05, 0) is 12.8 Å². The molecule has 0 saturated carbocycles. The molecule has 0 radical (unpaired) electrons. The molecule has 0 bridgehead atoms. The van der Waals surface area contributed by atoms with Crippen LogP contribution in [0.25, 0.3) is 11.3 Å². The predicted octanol–water partition coefficient (Wildman–Crippen LogP) is 2.86. The van der Waals surface area contributed by atoms with Crippen molar-refractivity contribution in [1.29, 1.82) is 0 Å². The first-order valence-corrected chi connectivity index (χ1v) is 10.5. The smallest absolute Gasteiger partial charge is 0.236 e. The number of benzene rings is 1. The van der Waals surface area contributed by atoms with Crippen molar-refractivity contribution in [3.05, 3.63) is 42.1 Å². The van der Waals surface area contributed by atoms with Gasteiger partial charge >= 0.3 is 0 Å². The Morgan fingerprint density at radius 1 is 0.893 bits per heavy atom. The van der Waals surface area contributed by atoms with Crippen molar-refractivity contribution in [2.24, 2.45) is 0 Å². The molecular formula is C22H30N4O2. The van der Waals surface area contributed by atoms with E-state index in [1.165, 1.54) is 12.8 Å². The Morgan fingerprint density at radius 2 is 1.57 bits per heavy atom. The van der Waals surface area contributed by atoms with Crippen LogP contribution in [0, 0.1) is 0 Å². The van der Waals surface area contributed by atoms with Crippen molar-refractivity contribution < 1.29 is 9.32 Å². The van der Waals surface area contributed by atoms with Crippen molar-refractivity contribution in [2.75, 3.05) is 45.8 Å². The van der Waals surface area contributed by atoms with Crippen molar-refractivity contribution in [2.45, 2.75) is 32.2 Å². The third kappa shape index (κ3) is 5.00. The average Bonchev–Trinajstić information content (AvgIpc) is 3.02. The Bertz CT molecular complexity index is 745. The van der Waals surface area contributed by atoms with Crippen LogP contribution in [0.15, 0.2) is 40.9 Å². The lowest BCUT2D eigenvalue weighted by Crippen LogP contribution is -2.49. The zero-order valence-electron chi connectivity index (χ0n) is 16.6. The molecule has 6 heteroatoms. The highest BCUT2D eigenvalue weighted by atomic mass is 16.5. The van der Waals surface area contributed by atoms with Crippen LogP contribution in [0.4, 0.5) is 0 Å². The lowest BCUT2D eigenvalue weighted by Gasteiger charge is -2.34. The lowest BCUT2D eigenvalue weighted by atomic mass is 10.1. The maximum atomic E-state index is 12.6. The van der Waals surface area contributed by atoms with E-state index < -0.39 is 0 Å². The molecule has 0 atom stereocenters. The minimum absolute atomic E-state index is 0.305. The molecule has 1 aromatic heterocycles. The Kier molecular flexibility index (Phi) is 6.39. The summed E-state index contributed by atoms with van der Waals surface area (Å²) >= 11 is 0. The molecule has 1 amide bonds. The number of carbonyl (C=O) groups is 1. The Morgan fingerprint density at radius 3 is 2.29 bits per heavy atom. The number of likely N-dealkylation sites (tertiary alicyclic amines) is 1. The fraction of sp³-hybridized carbons (Fsp3) is 0.545. The van der Waals surface area contributed by atoms with Gasteiger partial charge in [0, 0.05) is 57.4 Å². The van der Waals surface area contributed by atoms with Gasteiger partial charge in [0.15, 0.2) is 5.76 Å². The van der Waals surface area contributed by atoms with Crippen molar-refractivity contribution in [3.8, 4) is 11.3 Å². The van der Waals surface area contributed by atoms with Crippen LogP contribution in [0.2, 0.25) is 0 Å². The highest BCUT2D eigenvalue weighted by Crippen LogP contribution is 2.20. The molecule has 2 aliphatic heterocycles. The van der Waals surface area contributed by atoms with Crippen LogP contribution in [0.5, 0.6) is 0 Å². The maximum Gasteiger partial charge on any atom is 0.236 e. The van der Waals surface area contributed by atoms with Gasteiger partial charge in [-0.2, -0.15) is 0 Å². The van der Waals surface area contributed by atoms with Crippen LogP contribution in [0.3, 0.4) is 0 Å². The quantitative estimate of drug-likeness (QED) is 0.796. The van der Waals surface area contributed by atoms with Gasteiger partial charge in [0.1, 0.15) is 0 Å². The fourth-order valence-corrected chi connectivity index (χ4v) is 4.07. The number of rotatable bonds is 5. The summed E-state index contributed by atoms with van der Waals surface area (Å²) in [7, 11) is 0. The van der Waals surface area contributed by atoms with Crippen molar-refractivity contribution in [3.63, 3.8) is 0 Å². The maximum absolute atomic E-state index is 12.6. The van der Waals surface area contributed by atoms with Gasteiger partial charge in [-0.25, -0.2) is 0 Å². The van der Waals surface area contributed by atoms with Gasteiger partial charge in [0.05, 0.1) is 12.2 Å². The van der Waals surface area contributed by atoms with E-state index in [0.29, 0.717) is 12.5 Å². The van der Waals surface area contributed by atoms with E-state index in [1.54, 1.807) is 0 Å². The van der Waals surface area contributed by atoms with E-state index in [2.05, 4.69) is 19.9 Å². The summed E-state index contributed by atoms with van der Waals surface area (Å²) in [6.07, 6.45) is 4.83. The lowest BCUT2D eigenvalue weighted by molar-refractivity contribution is -0.132. The number of piperazine rings is 1. The first-order valence-electron chi connectivity index (χ1n) is 10.5. The van der Waals surface area contributed by atoms with E-state index in [-0.39, 0.29) is 0 Å². The van der Waals surface area contributed by atoms with E-state index >= 15 is 0 Å². The largest absolute Gasteiger partial charge is 0.356 e. The molecule has 2 saturated heterocycles. The Balaban J connectivity index is 1.23. The van der Waals surface area contributed by atoms with Gasteiger partial charge in [0.25, 0.3) is 0 Å². The number of nitrogens with zero attached hydrogens (tertiary/aromatic N) is 4. The normalized spacial score (nSPS) is 19.5. The highest BCUT2D eigenvalue weighted by molar-refractivity contribution is 5.78. The molecule has 0 N–H and O–H groups in total. The molecule has 0 spiro atoms. The van der Waals surface area contributed by atoms with Gasteiger partial charge in [0.2, 0.25) is 5.91 Å². The predicted molar refractivity (Wildman–Crippen MR) is 109 cm³/mol. The van der Waals surface area contributed by atoms with Gasteiger partial charge in [-0.15, -0.1) is 0 Å². The molecule has 3 heterocycles.